The SMILES string of the molecule is CC(C)(C)OC(=O)NCCCOCCOCCOCCCNC(=O)CC[C@H](NC(=O)c1ccc(NCc2cnc3nc(N)[nH]c(=O)c3n2)cc1)C(=O)NCCCOCCOCCOCCCNC(=O)OC(C)(C)C. The molecule has 0 spiro atoms. The number of rotatable bonds is 37. The van der Waals surface area contributed by atoms with E-state index in [0.717, 1.165) is 0 Å². The molecule has 414 valence electrons. The van der Waals surface area contributed by atoms with E-state index < -0.39 is 46.8 Å². The summed E-state index contributed by atoms with van der Waals surface area (Å²) in [5, 5.41) is 17.0. The summed E-state index contributed by atoms with van der Waals surface area (Å²) in [6.45, 7) is 17.3. The first-order valence-electron chi connectivity index (χ1n) is 25.0. The fourth-order valence-corrected chi connectivity index (χ4v) is 6.21. The number of ether oxygens (including phenoxy) is 8. The zero-order chi connectivity index (χ0) is 54.0. The molecule has 74 heavy (non-hydrogen) atoms. The van der Waals surface area contributed by atoms with Crippen molar-refractivity contribution in [2.75, 3.05) is 117 Å². The second-order valence-electron chi connectivity index (χ2n) is 18.6. The third-order valence-electron chi connectivity index (χ3n) is 9.70. The molecule has 0 saturated heterocycles. The number of H-pyrrole nitrogens is 1. The topological polar surface area (TPSA) is 329 Å². The van der Waals surface area contributed by atoms with E-state index in [9.17, 15) is 28.8 Å². The highest BCUT2D eigenvalue weighted by atomic mass is 16.6. The van der Waals surface area contributed by atoms with E-state index >= 15 is 0 Å². The Bertz CT molecular complexity index is 2190. The second-order valence-corrected chi connectivity index (χ2v) is 18.6. The fraction of sp³-hybridized carbons (Fsp3) is 0.653. The summed E-state index contributed by atoms with van der Waals surface area (Å²) < 4.78 is 43.7. The van der Waals surface area contributed by atoms with E-state index in [4.69, 9.17) is 43.6 Å². The molecule has 0 aliphatic rings. The second kappa shape index (κ2) is 35.0. The number of aromatic nitrogens is 4. The van der Waals surface area contributed by atoms with Crippen LogP contribution in [0.1, 0.15) is 96.1 Å². The number of nitrogens with two attached hydrogens (primary N) is 1. The normalized spacial score (nSPS) is 11.9. The van der Waals surface area contributed by atoms with Gasteiger partial charge in [0.1, 0.15) is 17.2 Å². The van der Waals surface area contributed by atoms with Gasteiger partial charge in [-0.2, -0.15) is 4.98 Å². The lowest BCUT2D eigenvalue weighted by atomic mass is 10.1. The molecule has 2 aromatic heterocycles. The highest BCUT2D eigenvalue weighted by Crippen LogP contribution is 2.13. The van der Waals surface area contributed by atoms with Gasteiger partial charge in [0.25, 0.3) is 11.5 Å². The summed E-state index contributed by atoms with van der Waals surface area (Å²) in [6.07, 6.45) is 2.91. The minimum absolute atomic E-state index is 0.0231. The highest BCUT2D eigenvalue weighted by molar-refractivity contribution is 5.98. The Balaban J connectivity index is 1.34. The van der Waals surface area contributed by atoms with Crippen LogP contribution in [0.15, 0.2) is 35.3 Å². The van der Waals surface area contributed by atoms with Gasteiger partial charge in [-0.3, -0.25) is 24.2 Å². The van der Waals surface area contributed by atoms with Crippen LogP contribution in [0.2, 0.25) is 0 Å². The molecule has 0 bridgehead atoms. The van der Waals surface area contributed by atoms with Crippen molar-refractivity contribution in [2.45, 2.75) is 104 Å². The third kappa shape index (κ3) is 29.4. The summed E-state index contributed by atoms with van der Waals surface area (Å²) in [5.41, 5.74) is 5.59. The van der Waals surface area contributed by atoms with Crippen molar-refractivity contribution < 1.29 is 61.9 Å². The smallest absolute Gasteiger partial charge is 0.407 e. The van der Waals surface area contributed by atoms with Crippen LogP contribution in [0.25, 0.3) is 11.2 Å². The Morgan fingerprint density at radius 2 is 1.08 bits per heavy atom. The number of nitrogens with zero attached hydrogens (tertiary/aromatic N) is 3. The number of carbonyl (C=O) groups excluding carboxylic acids is 5. The Morgan fingerprint density at radius 1 is 0.622 bits per heavy atom. The monoisotopic (exact) mass is 1050 g/mol. The largest absolute Gasteiger partial charge is 0.444 e. The Morgan fingerprint density at radius 3 is 1.57 bits per heavy atom. The number of aromatic amines is 1. The predicted molar refractivity (Wildman–Crippen MR) is 274 cm³/mol. The molecule has 9 N–H and O–H groups in total. The zero-order valence-electron chi connectivity index (χ0n) is 43.9. The van der Waals surface area contributed by atoms with E-state index in [0.29, 0.717) is 136 Å². The minimum atomic E-state index is -1.02. The van der Waals surface area contributed by atoms with Crippen LogP contribution in [0.4, 0.5) is 21.2 Å². The van der Waals surface area contributed by atoms with Gasteiger partial charge in [-0.1, -0.05) is 0 Å². The van der Waals surface area contributed by atoms with E-state index in [1.807, 2.05) is 0 Å². The Labute approximate surface area is 432 Å². The fourth-order valence-electron chi connectivity index (χ4n) is 6.21. The molecule has 25 heteroatoms. The molecule has 3 aromatic rings. The summed E-state index contributed by atoms with van der Waals surface area (Å²) in [6, 6.07) is 5.53. The number of carbonyl (C=O) groups is 5. The third-order valence-corrected chi connectivity index (χ3v) is 9.70. The maximum absolute atomic E-state index is 13.4. The first-order chi connectivity index (χ1) is 35.4. The quantitative estimate of drug-likeness (QED) is 0.0385. The van der Waals surface area contributed by atoms with Crippen LogP contribution < -0.4 is 43.2 Å². The van der Waals surface area contributed by atoms with Crippen molar-refractivity contribution in [1.29, 1.82) is 0 Å². The number of amides is 5. The van der Waals surface area contributed by atoms with Crippen LogP contribution in [0.3, 0.4) is 0 Å². The summed E-state index contributed by atoms with van der Waals surface area (Å²) in [7, 11) is 0. The molecule has 0 unspecified atom stereocenters. The van der Waals surface area contributed by atoms with E-state index in [1.165, 1.54) is 6.20 Å². The molecule has 0 aliphatic carbocycles. The van der Waals surface area contributed by atoms with E-state index in [1.54, 1.807) is 65.8 Å². The molecule has 1 aromatic carbocycles. The van der Waals surface area contributed by atoms with Crippen molar-refractivity contribution in [3.63, 3.8) is 0 Å². The number of alkyl carbamates (subject to hydrolysis) is 2. The average Bonchev–Trinajstić information content (AvgIpc) is 3.33. The zero-order valence-corrected chi connectivity index (χ0v) is 43.9. The van der Waals surface area contributed by atoms with Crippen molar-refractivity contribution in [1.82, 2.24) is 46.5 Å². The number of hydrogen-bond donors (Lipinski definition) is 8. The van der Waals surface area contributed by atoms with Crippen molar-refractivity contribution in [3.8, 4) is 0 Å². The first-order valence-corrected chi connectivity index (χ1v) is 25.0. The Kier molecular flexibility index (Phi) is 29.4. The van der Waals surface area contributed by atoms with Gasteiger partial charge in [-0.05, 0) is 97.9 Å². The average molecular weight is 1050 g/mol. The minimum Gasteiger partial charge on any atom is -0.444 e. The molecule has 0 aliphatic heterocycles. The molecule has 3 rings (SSSR count). The standard InChI is InChI=1S/C49H79N11O14/c1-48(2,3)73-46(65)53-19-9-23-69-27-31-71-29-25-67-21-7-17-51-39(61)16-15-38(43(63)52-18-8-22-68-26-30-72-32-28-70-24-10-20-54-47(66)74-49(4,5)6)58-42(62)35-11-13-36(14-12-35)55-33-37-34-56-41-40(57-37)44(64)60-45(50)59-41/h11-14,34,38,55H,7-10,15-33H2,1-6H3,(H,51,61)(H,52,63)(H,53,65)(H,54,66)(H,58,62)(H3,50,56,59,60,64)/t38-/m0/s1. The van der Waals surface area contributed by atoms with E-state index in [2.05, 4.69) is 51.8 Å². The lowest BCUT2D eigenvalue weighted by Gasteiger charge is -2.19. The van der Waals surface area contributed by atoms with Crippen LogP contribution in [0.5, 0.6) is 0 Å². The van der Waals surface area contributed by atoms with Gasteiger partial charge in [-0.15, -0.1) is 0 Å². The molecule has 0 fully saturated rings. The van der Waals surface area contributed by atoms with Gasteiger partial charge in [0.15, 0.2) is 11.2 Å². The summed E-state index contributed by atoms with van der Waals surface area (Å²) in [5.74, 6) is -1.30. The van der Waals surface area contributed by atoms with Gasteiger partial charge in [0, 0.05) is 70.3 Å². The van der Waals surface area contributed by atoms with Gasteiger partial charge in [-0.25, -0.2) is 19.6 Å². The van der Waals surface area contributed by atoms with Gasteiger partial charge in [0.05, 0.1) is 71.3 Å². The van der Waals surface area contributed by atoms with Crippen LogP contribution in [-0.4, -0.2) is 173 Å². The van der Waals surface area contributed by atoms with Gasteiger partial charge < -0.3 is 75.5 Å². The number of nitrogen functional groups attached to an aromatic ring is 1. The molecule has 25 nitrogen and oxygen atoms in total. The van der Waals surface area contributed by atoms with Gasteiger partial charge in [0.2, 0.25) is 17.8 Å². The summed E-state index contributed by atoms with van der Waals surface area (Å²) in [4.78, 5) is 90.1. The highest BCUT2D eigenvalue weighted by Gasteiger charge is 2.23. The lowest BCUT2D eigenvalue weighted by Crippen LogP contribution is -2.47. The van der Waals surface area contributed by atoms with Crippen molar-refractivity contribution in [2.24, 2.45) is 0 Å². The molecular formula is C49H79N11O14. The maximum atomic E-state index is 13.4. The van der Waals surface area contributed by atoms with Crippen molar-refractivity contribution in [3.05, 3.63) is 52.1 Å². The molecule has 0 saturated carbocycles. The maximum Gasteiger partial charge on any atom is 0.407 e. The molecular weight excluding hydrogens is 967 g/mol. The first kappa shape index (κ1) is 62.0. The lowest BCUT2D eigenvalue weighted by molar-refractivity contribution is -0.124. The van der Waals surface area contributed by atoms with Crippen LogP contribution >= 0.6 is 0 Å². The van der Waals surface area contributed by atoms with Crippen LogP contribution in [-0.2, 0) is 54.0 Å². The molecule has 0 radical (unpaired) electrons. The Hall–Kier alpha value is -6.25. The predicted octanol–water partition coefficient (Wildman–Crippen LogP) is 2.73. The number of nitrogens with one attached hydrogen (secondary N) is 7. The number of fused-ring (bicyclic) bond motifs is 1. The molecule has 5 amide bonds. The number of benzene rings is 1. The number of anilines is 2. The van der Waals surface area contributed by atoms with Crippen molar-refractivity contribution >= 4 is 52.7 Å². The molecule has 1 atom stereocenters. The summed E-state index contributed by atoms with van der Waals surface area (Å²) >= 11 is 0. The van der Waals surface area contributed by atoms with Gasteiger partial charge >= 0.3 is 12.2 Å². The van der Waals surface area contributed by atoms with E-state index in [-0.39, 0.29) is 54.5 Å². The molecule has 2 heterocycles. The number of hydrogen-bond acceptors (Lipinski definition) is 19. The van der Waals surface area contributed by atoms with Crippen LogP contribution in [0, 0.1) is 0 Å².